The van der Waals surface area contributed by atoms with Gasteiger partial charge >= 0.3 is 0 Å². The number of allylic oxidation sites excluding steroid dienone is 2. The Morgan fingerprint density at radius 2 is 1.27 bits per heavy atom. The topological polar surface area (TPSA) is 6.48 Å². The average molecular weight is 657 g/mol. The van der Waals surface area contributed by atoms with Gasteiger partial charge in [-0.15, -0.1) is 0 Å². The van der Waals surface area contributed by atoms with Crippen LogP contribution in [0, 0.1) is 0 Å². The maximum atomic E-state index is 2.42. The van der Waals surface area contributed by atoms with Crippen LogP contribution >= 0.6 is 0 Å². The zero-order valence-electron chi connectivity index (χ0n) is 29.1. The SMILES string of the molecule is CC1(C)c2ccccc2N(c2ccccc2)c2ccc(-c3ccc4c(ccc5cc(/C=C/N(c6ccccc6)C6C=CC=CC6)ccc54)c3)cc21. The fourth-order valence-electron chi connectivity index (χ4n) is 8.04. The molecule has 0 radical (unpaired) electrons. The Kier molecular flexibility index (Phi) is 7.66. The molecular weight excluding hydrogens is 617 g/mol. The Morgan fingerprint density at radius 3 is 2.06 bits per heavy atom. The number of fused-ring (bicyclic) bond motifs is 5. The van der Waals surface area contributed by atoms with E-state index in [1.54, 1.807) is 0 Å². The third kappa shape index (κ3) is 5.54. The first-order chi connectivity index (χ1) is 25.0. The van der Waals surface area contributed by atoms with E-state index in [-0.39, 0.29) is 5.41 Å². The number of rotatable bonds is 6. The van der Waals surface area contributed by atoms with Gasteiger partial charge in [0.15, 0.2) is 0 Å². The van der Waals surface area contributed by atoms with Crippen molar-refractivity contribution < 1.29 is 0 Å². The molecule has 7 aromatic carbocycles. The molecule has 1 aliphatic carbocycles. The first-order valence-corrected chi connectivity index (χ1v) is 18.0. The molecule has 246 valence electrons. The van der Waals surface area contributed by atoms with Gasteiger partial charge in [-0.2, -0.15) is 0 Å². The summed E-state index contributed by atoms with van der Waals surface area (Å²) in [7, 11) is 0. The van der Waals surface area contributed by atoms with Crippen LogP contribution in [0.4, 0.5) is 22.7 Å². The van der Waals surface area contributed by atoms with Crippen molar-refractivity contribution >= 4 is 50.4 Å². The summed E-state index contributed by atoms with van der Waals surface area (Å²) in [6.07, 6.45) is 14.3. The molecule has 2 aliphatic rings. The molecule has 0 amide bonds. The molecule has 2 nitrogen and oxygen atoms in total. The predicted molar refractivity (Wildman–Crippen MR) is 218 cm³/mol. The summed E-state index contributed by atoms with van der Waals surface area (Å²) in [5, 5.41) is 5.06. The molecule has 0 N–H and O–H groups in total. The number of benzene rings is 7. The standard InChI is InChI=1S/C49H40N2/c1-49(2)45-20-12-13-21-47(45)51(42-18-10-5-11-19-42)48-29-26-37(34-46(48)49)36-25-28-44-39(33-36)24-23-38-32-35(22-27-43(38)44)30-31-50(40-14-6-3-7-15-40)41-16-8-4-9-17-41/h3-16,18-34,41H,17H2,1-2H3/b31-30+. The number of hydrogen-bond acceptors (Lipinski definition) is 2. The van der Waals surface area contributed by atoms with Crippen molar-refractivity contribution in [1.82, 2.24) is 0 Å². The molecule has 0 aromatic heterocycles. The van der Waals surface area contributed by atoms with E-state index in [4.69, 9.17) is 0 Å². The van der Waals surface area contributed by atoms with Crippen LogP contribution in [0.5, 0.6) is 0 Å². The van der Waals surface area contributed by atoms with Gasteiger partial charge in [0.1, 0.15) is 0 Å². The molecule has 0 saturated heterocycles. The van der Waals surface area contributed by atoms with Crippen molar-refractivity contribution in [2.24, 2.45) is 0 Å². The van der Waals surface area contributed by atoms with E-state index in [1.165, 1.54) is 72.1 Å². The summed E-state index contributed by atoms with van der Waals surface area (Å²) in [4.78, 5) is 4.78. The first kappa shape index (κ1) is 30.9. The summed E-state index contributed by atoms with van der Waals surface area (Å²) < 4.78 is 0. The van der Waals surface area contributed by atoms with Gasteiger partial charge in [-0.3, -0.25) is 0 Å². The van der Waals surface area contributed by atoms with Gasteiger partial charge in [-0.25, -0.2) is 0 Å². The summed E-state index contributed by atoms with van der Waals surface area (Å²) in [6, 6.07) is 55.9. The average Bonchev–Trinajstić information content (AvgIpc) is 3.19. The highest BCUT2D eigenvalue weighted by Gasteiger charge is 2.36. The minimum Gasteiger partial charge on any atom is -0.341 e. The molecule has 0 saturated carbocycles. The fourth-order valence-corrected chi connectivity index (χ4v) is 8.04. The summed E-state index contributed by atoms with van der Waals surface area (Å²) >= 11 is 0. The van der Waals surface area contributed by atoms with Crippen LogP contribution in [-0.2, 0) is 5.41 Å². The Hall–Kier alpha value is -6.12. The second-order valence-corrected chi connectivity index (χ2v) is 14.2. The highest BCUT2D eigenvalue weighted by Crippen LogP contribution is 2.52. The van der Waals surface area contributed by atoms with Gasteiger partial charge in [0.2, 0.25) is 0 Å². The zero-order chi connectivity index (χ0) is 34.4. The quantitative estimate of drug-likeness (QED) is 0.164. The first-order valence-electron chi connectivity index (χ1n) is 18.0. The van der Waals surface area contributed by atoms with Crippen molar-refractivity contribution in [2.75, 3.05) is 9.80 Å². The maximum absolute atomic E-state index is 2.42. The largest absolute Gasteiger partial charge is 0.341 e. The van der Waals surface area contributed by atoms with Crippen LogP contribution in [0.1, 0.15) is 37.0 Å². The second kappa shape index (κ2) is 12.6. The minimum absolute atomic E-state index is 0.144. The van der Waals surface area contributed by atoms with Crippen molar-refractivity contribution in [1.29, 1.82) is 0 Å². The van der Waals surface area contributed by atoms with Crippen molar-refractivity contribution in [2.45, 2.75) is 31.7 Å². The Balaban J connectivity index is 1.05. The van der Waals surface area contributed by atoms with Crippen LogP contribution in [0.3, 0.4) is 0 Å². The highest BCUT2D eigenvalue weighted by atomic mass is 15.2. The van der Waals surface area contributed by atoms with Gasteiger partial charge in [0, 0.05) is 23.0 Å². The zero-order valence-corrected chi connectivity index (χ0v) is 29.1. The lowest BCUT2D eigenvalue weighted by Gasteiger charge is -2.42. The Morgan fingerprint density at radius 1 is 0.608 bits per heavy atom. The van der Waals surface area contributed by atoms with E-state index in [2.05, 4.69) is 212 Å². The van der Waals surface area contributed by atoms with E-state index in [0.29, 0.717) is 6.04 Å². The molecule has 0 spiro atoms. The summed E-state index contributed by atoms with van der Waals surface area (Å²) in [5.74, 6) is 0. The summed E-state index contributed by atoms with van der Waals surface area (Å²) in [5.41, 5.74) is 11.1. The third-order valence-electron chi connectivity index (χ3n) is 10.7. The van der Waals surface area contributed by atoms with Crippen molar-refractivity contribution in [3.05, 3.63) is 199 Å². The van der Waals surface area contributed by atoms with E-state index >= 15 is 0 Å². The van der Waals surface area contributed by atoms with Crippen molar-refractivity contribution in [3.63, 3.8) is 0 Å². The lowest BCUT2D eigenvalue weighted by Crippen LogP contribution is -2.30. The molecule has 0 fully saturated rings. The molecule has 1 heterocycles. The molecule has 1 atom stereocenters. The minimum atomic E-state index is -0.144. The molecule has 0 bridgehead atoms. The van der Waals surface area contributed by atoms with Crippen molar-refractivity contribution in [3.8, 4) is 11.1 Å². The highest BCUT2D eigenvalue weighted by molar-refractivity contribution is 6.09. The van der Waals surface area contributed by atoms with Crippen LogP contribution in [0.25, 0.3) is 38.7 Å². The van der Waals surface area contributed by atoms with Gasteiger partial charge < -0.3 is 9.80 Å². The molecule has 2 heteroatoms. The van der Waals surface area contributed by atoms with E-state index in [1.807, 2.05) is 0 Å². The molecular formula is C49H40N2. The molecule has 9 rings (SSSR count). The molecule has 1 unspecified atom stereocenters. The lowest BCUT2D eigenvalue weighted by molar-refractivity contribution is 0.632. The van der Waals surface area contributed by atoms with E-state index in [0.717, 1.165) is 6.42 Å². The predicted octanol–water partition coefficient (Wildman–Crippen LogP) is 13.1. The summed E-state index contributed by atoms with van der Waals surface area (Å²) in [6.45, 7) is 4.71. The Labute approximate surface area is 300 Å². The maximum Gasteiger partial charge on any atom is 0.0554 e. The van der Waals surface area contributed by atoms with Crippen LogP contribution in [0.15, 0.2) is 182 Å². The Bertz CT molecular complexity index is 2490. The van der Waals surface area contributed by atoms with Crippen LogP contribution in [-0.4, -0.2) is 6.04 Å². The van der Waals surface area contributed by atoms with Gasteiger partial charge in [0.25, 0.3) is 0 Å². The van der Waals surface area contributed by atoms with Crippen LogP contribution < -0.4 is 9.80 Å². The normalized spacial score (nSPS) is 16.0. The number of para-hydroxylation sites is 3. The monoisotopic (exact) mass is 656 g/mol. The number of hydrogen-bond donors (Lipinski definition) is 0. The van der Waals surface area contributed by atoms with E-state index in [9.17, 15) is 0 Å². The molecule has 1 aliphatic heterocycles. The third-order valence-corrected chi connectivity index (χ3v) is 10.7. The van der Waals surface area contributed by atoms with Gasteiger partial charge in [-0.1, -0.05) is 135 Å². The molecule has 51 heavy (non-hydrogen) atoms. The second-order valence-electron chi connectivity index (χ2n) is 14.2. The van der Waals surface area contributed by atoms with Crippen LogP contribution in [0.2, 0.25) is 0 Å². The molecule has 7 aromatic rings. The van der Waals surface area contributed by atoms with E-state index < -0.39 is 0 Å². The van der Waals surface area contributed by atoms with Gasteiger partial charge in [0.05, 0.1) is 17.4 Å². The number of anilines is 4. The lowest BCUT2D eigenvalue weighted by atomic mass is 9.73. The smallest absolute Gasteiger partial charge is 0.0554 e. The fraction of sp³-hybridized carbons (Fsp3) is 0.102. The van der Waals surface area contributed by atoms with Gasteiger partial charge in [-0.05, 0) is 116 Å². The number of nitrogens with zero attached hydrogens (tertiary/aromatic N) is 2.